The summed E-state index contributed by atoms with van der Waals surface area (Å²) in [6.45, 7) is 1.68. The van der Waals surface area contributed by atoms with E-state index in [2.05, 4.69) is 21.2 Å². The van der Waals surface area contributed by atoms with Crippen LogP contribution in [0.3, 0.4) is 0 Å². The Hall–Kier alpha value is -2.64. The minimum atomic E-state index is -0.839. The van der Waals surface area contributed by atoms with Gasteiger partial charge in [-0.25, -0.2) is 9.69 Å². The standard InChI is InChI=1S/C18H12BrClN2O4/c1-9-13(20)3-2-4-14(9)22-17(25)11(16(24)21-18(22)26)7-10-5-6-15(23)12(19)8-10/h2-8,23H,1H3,(H,21,24,26). The number of hydrogen-bond acceptors (Lipinski definition) is 4. The van der Waals surface area contributed by atoms with Gasteiger partial charge in [-0.3, -0.25) is 14.9 Å². The molecule has 0 saturated carbocycles. The predicted octanol–water partition coefficient (Wildman–Crippen LogP) is 3.78. The maximum absolute atomic E-state index is 12.8. The summed E-state index contributed by atoms with van der Waals surface area (Å²) in [5, 5.41) is 12.1. The van der Waals surface area contributed by atoms with E-state index in [1.807, 2.05) is 0 Å². The van der Waals surface area contributed by atoms with Crippen molar-refractivity contribution in [1.82, 2.24) is 5.32 Å². The number of carbonyl (C=O) groups is 3. The van der Waals surface area contributed by atoms with Crippen LogP contribution in [-0.2, 0) is 9.59 Å². The molecule has 3 rings (SSSR count). The Kier molecular flexibility index (Phi) is 4.84. The summed E-state index contributed by atoms with van der Waals surface area (Å²) in [5.74, 6) is -1.52. The molecule has 0 bridgehead atoms. The van der Waals surface area contributed by atoms with Crippen LogP contribution in [0.1, 0.15) is 11.1 Å². The number of urea groups is 1. The van der Waals surface area contributed by atoms with E-state index in [0.29, 0.717) is 26.3 Å². The van der Waals surface area contributed by atoms with Crippen molar-refractivity contribution in [3.8, 4) is 5.75 Å². The molecule has 1 fully saturated rings. The van der Waals surface area contributed by atoms with E-state index in [4.69, 9.17) is 11.6 Å². The number of benzene rings is 2. The Morgan fingerprint density at radius 1 is 1.19 bits per heavy atom. The van der Waals surface area contributed by atoms with E-state index < -0.39 is 17.8 Å². The predicted molar refractivity (Wildman–Crippen MR) is 101 cm³/mol. The van der Waals surface area contributed by atoms with E-state index in [-0.39, 0.29) is 11.3 Å². The van der Waals surface area contributed by atoms with Crippen LogP contribution in [0.5, 0.6) is 5.75 Å². The van der Waals surface area contributed by atoms with Gasteiger partial charge in [0.1, 0.15) is 11.3 Å². The average molecular weight is 436 g/mol. The van der Waals surface area contributed by atoms with Crippen molar-refractivity contribution < 1.29 is 19.5 Å². The van der Waals surface area contributed by atoms with E-state index in [9.17, 15) is 19.5 Å². The first-order valence-corrected chi connectivity index (χ1v) is 8.62. The van der Waals surface area contributed by atoms with Gasteiger partial charge in [0, 0.05) is 5.02 Å². The van der Waals surface area contributed by atoms with Gasteiger partial charge in [0.2, 0.25) is 0 Å². The lowest BCUT2D eigenvalue weighted by atomic mass is 10.1. The largest absolute Gasteiger partial charge is 0.507 e. The number of amides is 4. The average Bonchev–Trinajstić information content (AvgIpc) is 2.58. The smallest absolute Gasteiger partial charge is 0.335 e. The van der Waals surface area contributed by atoms with Crippen molar-refractivity contribution in [3.05, 3.63) is 62.6 Å². The van der Waals surface area contributed by atoms with Gasteiger partial charge in [0.05, 0.1) is 10.2 Å². The second kappa shape index (κ2) is 6.93. The molecule has 2 N–H and O–H groups in total. The molecule has 1 aliphatic heterocycles. The SMILES string of the molecule is Cc1c(Cl)cccc1N1C(=O)NC(=O)C(=Cc2ccc(O)c(Br)c2)C1=O. The zero-order chi connectivity index (χ0) is 19.0. The van der Waals surface area contributed by atoms with Crippen LogP contribution in [0.2, 0.25) is 5.02 Å². The van der Waals surface area contributed by atoms with Gasteiger partial charge in [-0.2, -0.15) is 0 Å². The number of imide groups is 2. The molecular weight excluding hydrogens is 424 g/mol. The summed E-state index contributed by atoms with van der Waals surface area (Å²) in [4.78, 5) is 38.1. The topological polar surface area (TPSA) is 86.7 Å². The molecule has 1 saturated heterocycles. The quantitative estimate of drug-likeness (QED) is 0.555. The molecule has 0 atom stereocenters. The fourth-order valence-electron chi connectivity index (χ4n) is 2.49. The Morgan fingerprint density at radius 2 is 1.92 bits per heavy atom. The third-order valence-corrected chi connectivity index (χ3v) is 4.91. The van der Waals surface area contributed by atoms with Crippen LogP contribution in [0, 0.1) is 6.92 Å². The molecule has 1 heterocycles. The third kappa shape index (κ3) is 3.23. The first-order valence-electron chi connectivity index (χ1n) is 7.44. The van der Waals surface area contributed by atoms with Crippen molar-refractivity contribution in [1.29, 1.82) is 0 Å². The van der Waals surface area contributed by atoms with Gasteiger partial charge in [0.15, 0.2) is 0 Å². The molecule has 8 heteroatoms. The summed E-state index contributed by atoms with van der Waals surface area (Å²) in [7, 11) is 0. The molecule has 2 aromatic rings. The van der Waals surface area contributed by atoms with E-state index in [1.165, 1.54) is 12.1 Å². The molecule has 0 aromatic heterocycles. The highest BCUT2D eigenvalue weighted by Gasteiger charge is 2.37. The monoisotopic (exact) mass is 434 g/mol. The van der Waals surface area contributed by atoms with Gasteiger partial charge >= 0.3 is 6.03 Å². The number of phenolic OH excluding ortho intramolecular Hbond substituents is 1. The number of rotatable bonds is 2. The fraction of sp³-hybridized carbons (Fsp3) is 0.0556. The molecule has 2 aromatic carbocycles. The number of carbonyl (C=O) groups excluding carboxylic acids is 3. The van der Waals surface area contributed by atoms with Crippen LogP contribution >= 0.6 is 27.5 Å². The zero-order valence-electron chi connectivity index (χ0n) is 13.4. The summed E-state index contributed by atoms with van der Waals surface area (Å²) < 4.78 is 0.411. The van der Waals surface area contributed by atoms with Crippen LogP contribution in [-0.4, -0.2) is 23.0 Å². The second-order valence-corrected chi connectivity index (χ2v) is 6.81. The van der Waals surface area contributed by atoms with Crippen molar-refractivity contribution in [2.24, 2.45) is 0 Å². The van der Waals surface area contributed by atoms with Crippen molar-refractivity contribution in [2.75, 3.05) is 4.90 Å². The lowest BCUT2D eigenvalue weighted by Gasteiger charge is -2.27. The van der Waals surface area contributed by atoms with Crippen LogP contribution in [0.15, 0.2) is 46.4 Å². The van der Waals surface area contributed by atoms with Crippen LogP contribution in [0.25, 0.3) is 6.08 Å². The van der Waals surface area contributed by atoms with Crippen molar-refractivity contribution in [2.45, 2.75) is 6.92 Å². The van der Waals surface area contributed by atoms with Crippen molar-refractivity contribution >= 4 is 57.1 Å². The first-order chi connectivity index (χ1) is 12.3. The lowest BCUT2D eigenvalue weighted by Crippen LogP contribution is -2.54. The Bertz CT molecular complexity index is 987. The van der Waals surface area contributed by atoms with Crippen molar-refractivity contribution in [3.63, 3.8) is 0 Å². The molecule has 4 amide bonds. The molecule has 6 nitrogen and oxygen atoms in total. The fourth-order valence-corrected chi connectivity index (χ4v) is 3.06. The van der Waals surface area contributed by atoms with Gasteiger partial charge in [-0.1, -0.05) is 23.7 Å². The summed E-state index contributed by atoms with van der Waals surface area (Å²) in [5.41, 5.74) is 1.14. The summed E-state index contributed by atoms with van der Waals surface area (Å²) >= 11 is 9.25. The number of aromatic hydroxyl groups is 1. The summed E-state index contributed by atoms with van der Waals surface area (Å²) in [6, 6.07) is 8.50. The molecule has 0 aliphatic carbocycles. The van der Waals surface area contributed by atoms with Gasteiger partial charge in [-0.05, 0) is 64.3 Å². The van der Waals surface area contributed by atoms with E-state index >= 15 is 0 Å². The number of barbiturate groups is 1. The molecular formula is C18H12BrClN2O4. The number of nitrogens with one attached hydrogen (secondary N) is 1. The Morgan fingerprint density at radius 3 is 2.62 bits per heavy atom. The minimum absolute atomic E-state index is 0.0259. The van der Waals surface area contributed by atoms with Crippen LogP contribution < -0.4 is 10.2 Å². The Labute approximate surface area is 162 Å². The summed E-state index contributed by atoms with van der Waals surface area (Å²) in [6.07, 6.45) is 1.35. The second-order valence-electron chi connectivity index (χ2n) is 5.55. The maximum atomic E-state index is 12.8. The zero-order valence-corrected chi connectivity index (χ0v) is 15.8. The Balaban J connectivity index is 2.07. The normalized spacial score (nSPS) is 16.2. The molecule has 1 aliphatic rings. The molecule has 132 valence electrons. The highest BCUT2D eigenvalue weighted by molar-refractivity contribution is 9.10. The highest BCUT2D eigenvalue weighted by Crippen LogP contribution is 2.30. The van der Waals surface area contributed by atoms with Gasteiger partial charge < -0.3 is 5.11 Å². The number of anilines is 1. The minimum Gasteiger partial charge on any atom is -0.507 e. The number of phenols is 1. The number of hydrogen-bond donors (Lipinski definition) is 2. The number of nitrogens with zero attached hydrogens (tertiary/aromatic N) is 1. The van der Waals surface area contributed by atoms with E-state index in [1.54, 1.807) is 37.3 Å². The highest BCUT2D eigenvalue weighted by atomic mass is 79.9. The molecule has 0 unspecified atom stereocenters. The molecule has 0 spiro atoms. The van der Waals surface area contributed by atoms with Crippen LogP contribution in [0.4, 0.5) is 10.5 Å². The number of halogens is 2. The van der Waals surface area contributed by atoms with Gasteiger partial charge in [-0.15, -0.1) is 0 Å². The van der Waals surface area contributed by atoms with Gasteiger partial charge in [0.25, 0.3) is 11.8 Å². The molecule has 0 radical (unpaired) electrons. The third-order valence-electron chi connectivity index (χ3n) is 3.86. The van der Waals surface area contributed by atoms with E-state index in [0.717, 1.165) is 4.90 Å². The molecule has 26 heavy (non-hydrogen) atoms. The lowest BCUT2D eigenvalue weighted by molar-refractivity contribution is -0.122. The first kappa shape index (κ1) is 18.2. The maximum Gasteiger partial charge on any atom is 0.335 e.